The van der Waals surface area contributed by atoms with Crippen molar-refractivity contribution >= 4 is 21.7 Å². The number of benzene rings is 1. The van der Waals surface area contributed by atoms with E-state index in [0.29, 0.717) is 23.8 Å². The maximum Gasteiger partial charge on any atom is 1.00 e. The molecule has 0 aliphatic heterocycles. The molecule has 1 aliphatic carbocycles. The minimum absolute atomic E-state index is 0. The van der Waals surface area contributed by atoms with Gasteiger partial charge in [-0.2, -0.15) is 0 Å². The Bertz CT molecular complexity index is 524. The molecule has 1 aliphatic rings. The van der Waals surface area contributed by atoms with Crippen LogP contribution in [0.1, 0.15) is 37.2 Å². The summed E-state index contributed by atoms with van der Waals surface area (Å²) >= 11 is 5.83. The van der Waals surface area contributed by atoms with E-state index in [1.54, 1.807) is 0 Å². The van der Waals surface area contributed by atoms with E-state index in [-0.39, 0.29) is 29.6 Å². The Morgan fingerprint density at radius 3 is 2.10 bits per heavy atom. The molecule has 1 aromatic carbocycles. The summed E-state index contributed by atoms with van der Waals surface area (Å²) in [6, 6.07) is 7.60. The molecule has 0 bridgehead atoms. The van der Waals surface area contributed by atoms with E-state index in [0.717, 1.165) is 12.8 Å². The van der Waals surface area contributed by atoms with Crippen molar-refractivity contribution in [2.45, 2.75) is 37.0 Å². The number of halogens is 1. The zero-order chi connectivity index (χ0) is 14.0. The molecule has 1 saturated carbocycles. The summed E-state index contributed by atoms with van der Waals surface area (Å²) in [5.74, 6) is -0.0962. The van der Waals surface area contributed by atoms with E-state index >= 15 is 0 Å². The molecule has 1 atom stereocenters. The molecule has 0 amide bonds. The molecule has 0 heterocycles. The van der Waals surface area contributed by atoms with E-state index in [1.165, 1.54) is 5.56 Å². The number of aliphatic hydroxyl groups is 1. The summed E-state index contributed by atoms with van der Waals surface area (Å²) in [6.45, 7) is 0. The minimum atomic E-state index is -4.60. The summed E-state index contributed by atoms with van der Waals surface area (Å²) in [7, 11) is -4.60. The van der Waals surface area contributed by atoms with Crippen LogP contribution in [0.4, 0.5) is 0 Å². The molecule has 1 fully saturated rings. The second kappa shape index (κ2) is 7.58. The second-order valence-electron chi connectivity index (χ2n) is 5.05. The van der Waals surface area contributed by atoms with Crippen LogP contribution in [0.25, 0.3) is 0 Å². The van der Waals surface area contributed by atoms with Crippen LogP contribution in [-0.2, 0) is 10.1 Å². The van der Waals surface area contributed by atoms with Gasteiger partial charge in [0.15, 0.2) is 0 Å². The largest absolute Gasteiger partial charge is 1.00 e. The zero-order valence-corrected chi connectivity index (χ0v) is 14.9. The molecule has 0 saturated heterocycles. The van der Waals surface area contributed by atoms with Gasteiger partial charge in [-0.1, -0.05) is 23.7 Å². The van der Waals surface area contributed by atoms with E-state index in [2.05, 4.69) is 0 Å². The van der Waals surface area contributed by atoms with Gasteiger partial charge in [-0.3, -0.25) is 0 Å². The summed E-state index contributed by atoms with van der Waals surface area (Å²) in [5.41, 5.74) is -0.596. The number of aliphatic hydroxyl groups excluding tert-OH is 1. The molecular weight excluding hydrogens is 311 g/mol. The SMILES string of the molecule is O=S(=O)([O-])C(O)C1CCC(c2ccc(Cl)cc2)CC1.[Na+]. The molecule has 1 N–H and O–H groups in total. The van der Waals surface area contributed by atoms with Crippen LogP contribution >= 0.6 is 11.6 Å². The third-order valence-corrected chi connectivity index (χ3v) is 5.04. The van der Waals surface area contributed by atoms with Crippen LogP contribution < -0.4 is 29.6 Å². The first-order valence-electron chi connectivity index (χ1n) is 6.26. The Hall–Kier alpha value is 0.380. The van der Waals surface area contributed by atoms with E-state index in [1.807, 2.05) is 24.3 Å². The van der Waals surface area contributed by atoms with Crippen molar-refractivity contribution in [2.24, 2.45) is 5.92 Å². The van der Waals surface area contributed by atoms with E-state index < -0.39 is 21.5 Å². The fourth-order valence-electron chi connectivity index (χ4n) is 2.71. The van der Waals surface area contributed by atoms with Gasteiger partial charge in [0.05, 0.1) is 0 Å². The standard InChI is InChI=1S/C13H17ClO4S.Na/c14-12-7-5-10(6-8-12)9-1-3-11(4-2-9)13(15)19(16,17)18;/h5-9,11,13,15H,1-4H2,(H,16,17,18);/q;+1/p-1. The smallest absolute Gasteiger partial charge is 0.746 e. The second-order valence-corrected chi connectivity index (χ2v) is 6.95. The molecule has 1 aromatic rings. The predicted octanol–water partition coefficient (Wildman–Crippen LogP) is -0.519. The van der Waals surface area contributed by atoms with Gasteiger partial charge < -0.3 is 9.66 Å². The van der Waals surface area contributed by atoms with Crippen LogP contribution in [0.15, 0.2) is 24.3 Å². The van der Waals surface area contributed by atoms with Gasteiger partial charge in [0.1, 0.15) is 15.6 Å². The Labute approximate surface area is 146 Å². The van der Waals surface area contributed by atoms with E-state index in [9.17, 15) is 18.1 Å². The molecule has 20 heavy (non-hydrogen) atoms. The van der Waals surface area contributed by atoms with Crippen molar-refractivity contribution in [3.8, 4) is 0 Å². The van der Waals surface area contributed by atoms with Gasteiger partial charge in [0.25, 0.3) is 0 Å². The number of rotatable bonds is 3. The van der Waals surface area contributed by atoms with Crippen LogP contribution in [0.5, 0.6) is 0 Å². The zero-order valence-electron chi connectivity index (χ0n) is 11.3. The maximum absolute atomic E-state index is 10.8. The summed E-state index contributed by atoms with van der Waals surface area (Å²) in [6.07, 6.45) is 2.66. The van der Waals surface area contributed by atoms with Crippen molar-refractivity contribution in [3.05, 3.63) is 34.9 Å². The Kier molecular flexibility index (Phi) is 6.99. The van der Waals surface area contributed by atoms with Gasteiger partial charge in [-0.25, -0.2) is 8.42 Å². The maximum atomic E-state index is 10.8. The van der Waals surface area contributed by atoms with Crippen LogP contribution in [0.3, 0.4) is 0 Å². The van der Waals surface area contributed by atoms with Gasteiger partial charge in [-0.05, 0) is 55.2 Å². The van der Waals surface area contributed by atoms with Gasteiger partial charge in [-0.15, -0.1) is 0 Å². The molecule has 0 aromatic heterocycles. The Morgan fingerprint density at radius 1 is 1.15 bits per heavy atom. The monoisotopic (exact) mass is 326 g/mol. The van der Waals surface area contributed by atoms with Gasteiger partial charge in [0.2, 0.25) is 0 Å². The van der Waals surface area contributed by atoms with Crippen molar-refractivity contribution < 1.29 is 47.6 Å². The Balaban J connectivity index is 0.00000200. The molecular formula is C13H16ClNaO4S. The fourth-order valence-corrected chi connectivity index (χ4v) is 3.58. The van der Waals surface area contributed by atoms with Crippen LogP contribution in [0.2, 0.25) is 5.02 Å². The molecule has 7 heteroatoms. The number of hydrogen-bond acceptors (Lipinski definition) is 4. The first kappa shape index (κ1) is 18.4. The normalized spacial score (nSPS) is 24.8. The van der Waals surface area contributed by atoms with Crippen molar-refractivity contribution in [1.29, 1.82) is 0 Å². The fraction of sp³-hybridized carbons (Fsp3) is 0.538. The average molecular weight is 327 g/mol. The predicted molar refractivity (Wildman–Crippen MR) is 71.9 cm³/mol. The van der Waals surface area contributed by atoms with Crippen LogP contribution in [0, 0.1) is 5.92 Å². The molecule has 0 spiro atoms. The third kappa shape index (κ3) is 4.70. The van der Waals surface area contributed by atoms with Crippen molar-refractivity contribution in [2.75, 3.05) is 0 Å². The van der Waals surface area contributed by atoms with Gasteiger partial charge in [0, 0.05) is 5.02 Å². The first-order valence-corrected chi connectivity index (χ1v) is 8.11. The third-order valence-electron chi connectivity index (χ3n) is 3.81. The van der Waals surface area contributed by atoms with Gasteiger partial charge >= 0.3 is 29.6 Å². The molecule has 0 radical (unpaired) electrons. The minimum Gasteiger partial charge on any atom is -0.746 e. The Morgan fingerprint density at radius 2 is 1.65 bits per heavy atom. The molecule has 1 unspecified atom stereocenters. The summed E-state index contributed by atoms with van der Waals surface area (Å²) < 4.78 is 32.4. The van der Waals surface area contributed by atoms with Crippen LogP contribution in [-0.4, -0.2) is 23.5 Å². The summed E-state index contributed by atoms with van der Waals surface area (Å²) in [5, 5.41) is 10.2. The first-order chi connectivity index (χ1) is 8.88. The average Bonchev–Trinajstić information content (AvgIpc) is 2.38. The summed E-state index contributed by atoms with van der Waals surface area (Å²) in [4.78, 5) is 0. The van der Waals surface area contributed by atoms with Crippen molar-refractivity contribution in [1.82, 2.24) is 0 Å². The molecule has 106 valence electrons. The molecule has 2 rings (SSSR count). The van der Waals surface area contributed by atoms with E-state index in [4.69, 9.17) is 11.6 Å². The quantitative estimate of drug-likeness (QED) is 0.599. The topological polar surface area (TPSA) is 77.4 Å². The van der Waals surface area contributed by atoms with Crippen molar-refractivity contribution in [3.63, 3.8) is 0 Å². The number of hydrogen-bond donors (Lipinski definition) is 1. The molecule has 4 nitrogen and oxygen atoms in total.